The summed E-state index contributed by atoms with van der Waals surface area (Å²) in [6, 6.07) is 21.5. The Balaban J connectivity index is 2.04. The van der Waals surface area contributed by atoms with Crippen molar-refractivity contribution >= 4 is 11.7 Å². The molecule has 2 N–H and O–H groups in total. The van der Waals surface area contributed by atoms with E-state index in [-0.39, 0.29) is 0 Å². The molecule has 0 saturated heterocycles. The average Bonchev–Trinajstić information content (AvgIpc) is 2.82. The van der Waals surface area contributed by atoms with Gasteiger partial charge in [-0.15, -0.1) is 6.58 Å². The number of aliphatic carboxylic acids is 1. The lowest BCUT2D eigenvalue weighted by Gasteiger charge is -2.23. The van der Waals surface area contributed by atoms with Crippen molar-refractivity contribution in [1.29, 1.82) is 5.26 Å². The number of carbonyl (C=O) groups is 1. The zero-order valence-corrected chi connectivity index (χ0v) is 18.0. The number of nitrogens with one attached hydrogen (secondary N) is 1. The molecule has 0 spiro atoms. The fourth-order valence-electron chi connectivity index (χ4n) is 3.49. The first-order chi connectivity index (χ1) is 15.5. The molecule has 0 saturated carbocycles. The molecule has 0 heterocycles. The Labute approximate surface area is 188 Å². The van der Waals surface area contributed by atoms with Crippen molar-refractivity contribution in [1.82, 2.24) is 0 Å². The van der Waals surface area contributed by atoms with Crippen LogP contribution in [0.15, 0.2) is 79.4 Å². The predicted molar refractivity (Wildman–Crippen MR) is 126 cm³/mol. The van der Waals surface area contributed by atoms with E-state index in [2.05, 4.69) is 18.0 Å². The van der Waals surface area contributed by atoms with Crippen LogP contribution in [-0.4, -0.2) is 11.1 Å². The highest BCUT2D eigenvalue weighted by molar-refractivity contribution is 5.81. The maximum absolute atomic E-state index is 12.3. The normalized spacial score (nSPS) is 11.2. The summed E-state index contributed by atoms with van der Waals surface area (Å²) in [7, 11) is 0. The zero-order valence-electron chi connectivity index (χ0n) is 18.0. The van der Waals surface area contributed by atoms with Crippen LogP contribution in [0.2, 0.25) is 0 Å². The first kappa shape index (κ1) is 22.6. The first-order valence-corrected chi connectivity index (χ1v) is 10.5. The van der Waals surface area contributed by atoms with Crippen LogP contribution in [0.25, 0.3) is 0 Å². The summed E-state index contributed by atoms with van der Waals surface area (Å²) < 4.78 is 6.22. The molecule has 3 aromatic carbocycles. The number of carboxylic acid groups (broad SMARTS) is 1. The molecule has 0 bridgehead atoms. The lowest BCUT2D eigenvalue weighted by molar-refractivity contribution is -0.138. The Morgan fingerprint density at radius 2 is 1.88 bits per heavy atom. The quantitative estimate of drug-likeness (QED) is 0.408. The number of hydrogen-bond donors (Lipinski definition) is 2. The highest BCUT2D eigenvalue weighted by Gasteiger charge is 2.26. The van der Waals surface area contributed by atoms with Gasteiger partial charge in [-0.25, -0.2) is 4.79 Å². The minimum atomic E-state index is -1.02. The van der Waals surface area contributed by atoms with Crippen LogP contribution >= 0.6 is 0 Å². The minimum absolute atomic E-state index is 0.326. The Morgan fingerprint density at radius 1 is 1.16 bits per heavy atom. The van der Waals surface area contributed by atoms with Gasteiger partial charge in [0, 0.05) is 11.3 Å². The van der Waals surface area contributed by atoms with Crippen molar-refractivity contribution in [3.05, 3.63) is 107 Å². The van der Waals surface area contributed by atoms with Crippen LogP contribution in [0.4, 0.5) is 5.69 Å². The van der Waals surface area contributed by atoms with E-state index < -0.39 is 12.0 Å². The summed E-state index contributed by atoms with van der Waals surface area (Å²) >= 11 is 0. The standard InChI is InChI=1S/C27H26N2O3/c1-3-8-22-15-19(4-2)16-24(26(22)32-18-21-9-6-5-7-10-21)25(27(30)31)29-23-13-11-20(17-28)12-14-23/h3,5-7,9-16,25,29H,1,4,8,18H2,2H3,(H,30,31). The smallest absolute Gasteiger partial charge is 0.330 e. The second kappa shape index (κ2) is 10.8. The van der Waals surface area contributed by atoms with Gasteiger partial charge in [-0.05, 0) is 59.9 Å². The third kappa shape index (κ3) is 5.55. The van der Waals surface area contributed by atoms with Crippen molar-refractivity contribution in [2.75, 3.05) is 5.32 Å². The summed E-state index contributed by atoms with van der Waals surface area (Å²) in [4.78, 5) is 12.3. The maximum Gasteiger partial charge on any atom is 0.330 e. The fourth-order valence-corrected chi connectivity index (χ4v) is 3.49. The molecule has 0 aliphatic rings. The summed E-state index contributed by atoms with van der Waals surface area (Å²) in [6.07, 6.45) is 3.12. The summed E-state index contributed by atoms with van der Waals surface area (Å²) in [5, 5.41) is 22.2. The summed E-state index contributed by atoms with van der Waals surface area (Å²) in [5.74, 6) is -0.462. The van der Waals surface area contributed by atoms with E-state index >= 15 is 0 Å². The van der Waals surface area contributed by atoms with Gasteiger partial charge in [0.15, 0.2) is 6.04 Å². The summed E-state index contributed by atoms with van der Waals surface area (Å²) in [5.41, 5.74) is 4.60. The third-order valence-corrected chi connectivity index (χ3v) is 5.14. The van der Waals surface area contributed by atoms with Crippen LogP contribution < -0.4 is 10.1 Å². The van der Waals surface area contributed by atoms with Crippen LogP contribution in [0.1, 0.15) is 40.8 Å². The van der Waals surface area contributed by atoms with Crippen LogP contribution in [0.3, 0.4) is 0 Å². The van der Waals surface area contributed by atoms with E-state index in [1.165, 1.54) is 0 Å². The van der Waals surface area contributed by atoms with E-state index in [4.69, 9.17) is 10.00 Å². The maximum atomic E-state index is 12.3. The third-order valence-electron chi connectivity index (χ3n) is 5.14. The summed E-state index contributed by atoms with van der Waals surface area (Å²) in [6.45, 7) is 6.21. The number of carboxylic acids is 1. The molecule has 162 valence electrons. The second-order valence-corrected chi connectivity index (χ2v) is 7.40. The monoisotopic (exact) mass is 426 g/mol. The number of anilines is 1. The second-order valence-electron chi connectivity index (χ2n) is 7.40. The van der Waals surface area contributed by atoms with Gasteiger partial charge >= 0.3 is 5.97 Å². The van der Waals surface area contributed by atoms with Gasteiger partial charge < -0.3 is 15.2 Å². The number of aryl methyl sites for hydroxylation is 1. The van der Waals surface area contributed by atoms with Crippen molar-refractivity contribution < 1.29 is 14.6 Å². The van der Waals surface area contributed by atoms with Crippen molar-refractivity contribution in [2.24, 2.45) is 0 Å². The molecular formula is C27H26N2O3. The van der Waals surface area contributed by atoms with E-state index in [9.17, 15) is 9.90 Å². The van der Waals surface area contributed by atoms with Crippen molar-refractivity contribution in [3.63, 3.8) is 0 Å². The average molecular weight is 427 g/mol. The number of nitrogens with zero attached hydrogens (tertiary/aromatic N) is 1. The minimum Gasteiger partial charge on any atom is -0.488 e. The predicted octanol–water partition coefficient (Wildman–Crippen LogP) is 5.67. The van der Waals surface area contributed by atoms with Gasteiger partial charge in [-0.1, -0.05) is 49.4 Å². The molecule has 0 aliphatic carbocycles. The Kier molecular flexibility index (Phi) is 7.66. The Bertz CT molecular complexity index is 1120. The van der Waals surface area contributed by atoms with Gasteiger partial charge in [0.05, 0.1) is 11.6 Å². The molecule has 0 amide bonds. The van der Waals surface area contributed by atoms with Gasteiger partial charge in [0.2, 0.25) is 0 Å². The number of benzene rings is 3. The number of nitriles is 1. The van der Waals surface area contributed by atoms with E-state index in [1.54, 1.807) is 30.3 Å². The number of allylic oxidation sites excluding steroid dienone is 1. The highest BCUT2D eigenvalue weighted by Crippen LogP contribution is 2.35. The molecule has 3 rings (SSSR count). The molecule has 0 radical (unpaired) electrons. The van der Waals surface area contributed by atoms with E-state index in [1.807, 2.05) is 49.4 Å². The molecule has 5 heteroatoms. The van der Waals surface area contributed by atoms with Gasteiger partial charge in [-0.3, -0.25) is 0 Å². The molecule has 0 aromatic heterocycles. The number of rotatable bonds is 10. The SMILES string of the molecule is C=CCc1cc(CC)cc(C(Nc2ccc(C#N)cc2)C(=O)O)c1OCc1ccccc1. The number of hydrogen-bond acceptors (Lipinski definition) is 4. The lowest BCUT2D eigenvalue weighted by atomic mass is 9.95. The fraction of sp³-hybridized carbons (Fsp3) is 0.185. The van der Waals surface area contributed by atoms with Crippen molar-refractivity contribution in [2.45, 2.75) is 32.4 Å². The van der Waals surface area contributed by atoms with E-state index in [0.717, 1.165) is 23.1 Å². The number of ether oxygens (including phenoxy) is 1. The van der Waals surface area contributed by atoms with Crippen molar-refractivity contribution in [3.8, 4) is 11.8 Å². The van der Waals surface area contributed by atoms with Gasteiger partial charge in [0.1, 0.15) is 12.4 Å². The molecule has 32 heavy (non-hydrogen) atoms. The lowest BCUT2D eigenvalue weighted by Crippen LogP contribution is -2.22. The van der Waals surface area contributed by atoms with Crippen LogP contribution in [-0.2, 0) is 24.2 Å². The largest absolute Gasteiger partial charge is 0.488 e. The Hall–Kier alpha value is -4.04. The molecule has 3 aromatic rings. The van der Waals surface area contributed by atoms with E-state index in [0.29, 0.717) is 35.6 Å². The Morgan fingerprint density at radius 3 is 2.47 bits per heavy atom. The molecule has 5 nitrogen and oxygen atoms in total. The van der Waals surface area contributed by atoms with Gasteiger partial charge in [0.25, 0.3) is 0 Å². The molecule has 0 fully saturated rings. The molecule has 1 atom stereocenters. The first-order valence-electron chi connectivity index (χ1n) is 10.5. The topological polar surface area (TPSA) is 82.4 Å². The zero-order chi connectivity index (χ0) is 22.9. The molecule has 1 unspecified atom stereocenters. The van der Waals surface area contributed by atoms with Gasteiger partial charge in [-0.2, -0.15) is 5.26 Å². The molecular weight excluding hydrogens is 400 g/mol. The van der Waals surface area contributed by atoms with Crippen LogP contribution in [0.5, 0.6) is 5.75 Å². The molecule has 0 aliphatic heterocycles. The van der Waals surface area contributed by atoms with Crippen LogP contribution in [0, 0.1) is 11.3 Å². The highest BCUT2D eigenvalue weighted by atomic mass is 16.5.